The fourth-order valence-corrected chi connectivity index (χ4v) is 8.91. The predicted octanol–water partition coefficient (Wildman–Crippen LogP) is 6.15. The van der Waals surface area contributed by atoms with Crippen LogP contribution < -0.4 is 20.7 Å². The van der Waals surface area contributed by atoms with Gasteiger partial charge in [-0.1, -0.05) is 24.3 Å². The molecule has 8 nitrogen and oxygen atoms in total. The van der Waals surface area contributed by atoms with Crippen LogP contribution in [0.2, 0.25) is 0 Å². The summed E-state index contributed by atoms with van der Waals surface area (Å²) in [5.74, 6) is -0.964. The van der Waals surface area contributed by atoms with E-state index >= 15 is 0 Å². The molecule has 2 bridgehead atoms. The van der Waals surface area contributed by atoms with Crippen LogP contribution in [0.3, 0.4) is 0 Å². The lowest BCUT2D eigenvalue weighted by atomic mass is 9.99. The monoisotopic (exact) mass is 715 g/mol. The van der Waals surface area contributed by atoms with Crippen molar-refractivity contribution in [3.8, 4) is 22.9 Å². The number of fused-ring (bicyclic) bond motifs is 2. The van der Waals surface area contributed by atoms with Crippen molar-refractivity contribution in [1.82, 2.24) is 5.32 Å². The Labute approximate surface area is 259 Å². The molecule has 1 unspecified atom stereocenters. The van der Waals surface area contributed by atoms with Gasteiger partial charge in [-0.05, 0) is 71.2 Å². The summed E-state index contributed by atoms with van der Waals surface area (Å²) in [6.07, 6.45) is 4.92. The van der Waals surface area contributed by atoms with Gasteiger partial charge >= 0.3 is 5.97 Å². The molecule has 1 fully saturated rings. The first-order chi connectivity index (χ1) is 20.2. The quantitative estimate of drug-likeness (QED) is 0.118. The molecule has 0 aromatic heterocycles. The number of amides is 1. The largest absolute Gasteiger partial charge is 0.496 e. The molecule has 5 atom stereocenters. The maximum Gasteiger partial charge on any atom is 0.347 e. The van der Waals surface area contributed by atoms with E-state index in [0.29, 0.717) is 16.9 Å². The summed E-state index contributed by atoms with van der Waals surface area (Å²) >= 11 is 1.54. The molecule has 1 aliphatic heterocycles. The van der Waals surface area contributed by atoms with Gasteiger partial charge < -0.3 is 18.4 Å². The number of ketones is 1. The van der Waals surface area contributed by atoms with Crippen LogP contribution in [-0.4, -0.2) is 42.5 Å². The fraction of sp³-hybridized carbons (Fsp3) is 0.200. The van der Waals surface area contributed by atoms with Gasteiger partial charge in [0.15, 0.2) is 28.8 Å². The van der Waals surface area contributed by atoms with Crippen molar-refractivity contribution in [3.05, 3.63) is 89.3 Å². The summed E-state index contributed by atoms with van der Waals surface area (Å²) in [5.41, 5.74) is 2.56. The van der Waals surface area contributed by atoms with Crippen LogP contribution in [0, 0.1) is 23.1 Å². The molecule has 3 aromatic rings. The van der Waals surface area contributed by atoms with Crippen molar-refractivity contribution in [2.75, 3.05) is 19.0 Å². The molecule has 1 amide bonds. The molecule has 214 valence electrons. The molecule has 2 N–H and O–H groups in total. The Kier molecular flexibility index (Phi) is 9.34. The Morgan fingerprint density at radius 1 is 1.14 bits per heavy atom. The highest BCUT2D eigenvalue weighted by Gasteiger charge is 2.48. The van der Waals surface area contributed by atoms with Crippen LogP contribution in [-0.2, 0) is 3.07 Å². The minimum absolute atomic E-state index is 0.0151. The van der Waals surface area contributed by atoms with Gasteiger partial charge in [-0.25, -0.2) is 9.18 Å². The van der Waals surface area contributed by atoms with Crippen LogP contribution in [0.5, 0.6) is 5.75 Å². The zero-order chi connectivity index (χ0) is 30.0. The number of nitrogens with zero attached hydrogens (tertiary/aromatic N) is 1. The SMILES string of the molecule is COc1cc(P)c(-c2ccc(C(=O)OI)cc2)cc1C(=O)CN[C@@H]1[C@H]2C=C[C@H](C2)[P@]1C(=O)Nc1cc(F)cc(C#N)c1. The van der Waals surface area contributed by atoms with Gasteiger partial charge in [0.2, 0.25) is 5.65 Å². The summed E-state index contributed by atoms with van der Waals surface area (Å²) in [6, 6.07) is 16.1. The average molecular weight is 715 g/mol. The molecule has 42 heavy (non-hydrogen) atoms. The number of nitriles is 1. The summed E-state index contributed by atoms with van der Waals surface area (Å²) in [7, 11) is 2.87. The van der Waals surface area contributed by atoms with Crippen molar-refractivity contribution in [2.24, 2.45) is 5.92 Å². The zero-order valence-electron chi connectivity index (χ0n) is 22.3. The minimum atomic E-state index is -1.28. The van der Waals surface area contributed by atoms with Gasteiger partial charge in [0.25, 0.3) is 0 Å². The van der Waals surface area contributed by atoms with Gasteiger partial charge in [0.05, 0.1) is 36.4 Å². The minimum Gasteiger partial charge on any atom is -0.496 e. The van der Waals surface area contributed by atoms with Gasteiger partial charge in [-0.3, -0.25) is 9.59 Å². The van der Waals surface area contributed by atoms with E-state index in [1.54, 1.807) is 59.4 Å². The molecule has 2 aliphatic rings. The van der Waals surface area contributed by atoms with Crippen molar-refractivity contribution in [1.29, 1.82) is 5.26 Å². The predicted molar refractivity (Wildman–Crippen MR) is 171 cm³/mol. The molecule has 0 spiro atoms. The van der Waals surface area contributed by atoms with Gasteiger partial charge in [0.1, 0.15) is 11.6 Å². The second kappa shape index (κ2) is 13.0. The third kappa shape index (κ3) is 6.25. The molecule has 0 saturated carbocycles. The summed E-state index contributed by atoms with van der Waals surface area (Å²) in [4.78, 5) is 38.7. The van der Waals surface area contributed by atoms with Gasteiger partial charge in [-0.2, -0.15) is 5.26 Å². The van der Waals surface area contributed by atoms with Gasteiger partial charge in [-0.15, -0.1) is 9.24 Å². The second-order valence-corrected chi connectivity index (χ2v) is 13.4. The number of rotatable bonds is 9. The molecule has 1 aliphatic carbocycles. The Morgan fingerprint density at radius 3 is 2.60 bits per heavy atom. The number of carbonyl (C=O) groups is 3. The fourth-order valence-electron chi connectivity index (χ4n) is 5.36. The first kappa shape index (κ1) is 30.2. The van der Waals surface area contributed by atoms with Crippen molar-refractivity contribution in [2.45, 2.75) is 17.9 Å². The van der Waals surface area contributed by atoms with E-state index < -0.39 is 19.7 Å². The van der Waals surface area contributed by atoms with E-state index in [1.165, 1.54) is 19.2 Å². The third-order valence-electron chi connectivity index (χ3n) is 7.31. The number of hydrogen-bond donors (Lipinski definition) is 2. The van der Waals surface area contributed by atoms with E-state index in [-0.39, 0.29) is 46.6 Å². The van der Waals surface area contributed by atoms with Crippen molar-refractivity contribution < 1.29 is 26.6 Å². The average Bonchev–Trinajstić information content (AvgIpc) is 3.61. The molecule has 0 radical (unpaired) electrons. The maximum atomic E-state index is 13.9. The number of nitrogens with one attached hydrogen (secondary N) is 2. The van der Waals surface area contributed by atoms with Crippen LogP contribution in [0.15, 0.2) is 66.7 Å². The second-order valence-electron chi connectivity index (χ2n) is 9.86. The lowest BCUT2D eigenvalue weighted by molar-refractivity contribution is 0.0800. The maximum absolute atomic E-state index is 13.9. The van der Waals surface area contributed by atoms with E-state index in [2.05, 4.69) is 25.9 Å². The number of hydrogen-bond acceptors (Lipinski definition) is 7. The number of carbonyl (C=O) groups excluding carboxylic acids is 3. The normalized spacial score (nSPS) is 20.2. The van der Waals surface area contributed by atoms with E-state index in [4.69, 9.17) is 13.1 Å². The Morgan fingerprint density at radius 2 is 1.90 bits per heavy atom. The zero-order valence-corrected chi connectivity index (χ0v) is 26.5. The summed E-state index contributed by atoms with van der Waals surface area (Å²) in [6.45, 7) is -0.0151. The number of benzene rings is 3. The highest BCUT2D eigenvalue weighted by Crippen LogP contribution is 2.61. The molecule has 1 saturated heterocycles. The summed E-state index contributed by atoms with van der Waals surface area (Å²) in [5, 5.41) is 16.1. The first-order valence-electron chi connectivity index (χ1n) is 12.9. The van der Waals surface area contributed by atoms with Crippen molar-refractivity contribution in [3.63, 3.8) is 0 Å². The topological polar surface area (TPSA) is 118 Å². The lowest BCUT2D eigenvalue weighted by Gasteiger charge is -2.28. The number of allylic oxidation sites excluding steroid dienone is 1. The van der Waals surface area contributed by atoms with Crippen LogP contribution >= 0.6 is 40.2 Å². The smallest absolute Gasteiger partial charge is 0.347 e. The van der Waals surface area contributed by atoms with E-state index in [0.717, 1.165) is 28.9 Å². The summed E-state index contributed by atoms with van der Waals surface area (Å²) < 4.78 is 24.2. The third-order valence-corrected chi connectivity index (χ3v) is 11.0. The van der Waals surface area contributed by atoms with Crippen LogP contribution in [0.25, 0.3) is 11.1 Å². The molecule has 5 rings (SSSR count). The van der Waals surface area contributed by atoms with Crippen LogP contribution in [0.1, 0.15) is 32.7 Å². The highest BCUT2D eigenvalue weighted by molar-refractivity contribution is 14.1. The Hall–Kier alpha value is -3.22. The first-order valence-corrected chi connectivity index (χ1v) is 15.8. The van der Waals surface area contributed by atoms with E-state index in [1.807, 2.05) is 12.1 Å². The molecule has 3 aromatic carbocycles. The molecule has 12 heteroatoms. The number of halogens is 2. The number of Topliss-reactive ketones (excluding diaryl/α,β-unsaturated/α-hetero) is 1. The Balaban J connectivity index is 1.34. The number of ether oxygens (including phenoxy) is 1. The number of anilines is 1. The van der Waals surface area contributed by atoms with Crippen molar-refractivity contribution >= 4 is 68.6 Å². The molecule has 1 heterocycles. The number of methoxy groups -OCH3 is 1. The standard InChI is InChI=1S/C30H25FIN3O5P2/c1-39-26-13-27(41)23(17-2-4-18(5-3-17)29(37)40-32)12-24(26)25(36)15-34-28-19-6-7-22(10-19)42(28)30(38)35-21-9-16(14-33)8-20(31)11-21/h2-9,11-13,19,22,28,34H,10,15,41H2,1H3,(H,35,38)/t19-,22+,28-,42-/m0/s1. The Bertz CT molecular complexity index is 1640. The van der Waals surface area contributed by atoms with Gasteiger partial charge in [0, 0.05) is 25.1 Å². The molecular weight excluding hydrogens is 690 g/mol. The lowest BCUT2D eigenvalue weighted by Crippen LogP contribution is -2.37. The van der Waals surface area contributed by atoms with E-state index in [9.17, 15) is 18.8 Å². The highest BCUT2D eigenvalue weighted by atomic mass is 127. The molecular formula is C30H25FIN3O5P2. The van der Waals surface area contributed by atoms with Crippen LogP contribution in [0.4, 0.5) is 14.9 Å².